The molecule has 0 spiro atoms. The van der Waals surface area contributed by atoms with E-state index >= 15 is 0 Å². The van der Waals surface area contributed by atoms with E-state index in [4.69, 9.17) is 8.37 Å². The first-order valence-corrected chi connectivity index (χ1v) is 9.33. The van der Waals surface area contributed by atoms with E-state index in [0.29, 0.717) is 5.75 Å². The lowest BCUT2D eigenvalue weighted by Gasteiger charge is -2.29. The molecule has 0 N–H and O–H groups in total. The van der Waals surface area contributed by atoms with E-state index < -0.39 is 26.6 Å². The molecule has 0 saturated heterocycles. The van der Waals surface area contributed by atoms with Crippen molar-refractivity contribution in [2.24, 2.45) is 0 Å². The van der Waals surface area contributed by atoms with E-state index in [0.717, 1.165) is 11.2 Å². The maximum absolute atomic E-state index is 11.2. The van der Waals surface area contributed by atoms with Gasteiger partial charge in [0.05, 0.1) is 13.4 Å². The minimum absolute atomic E-state index is 0.310. The summed E-state index contributed by atoms with van der Waals surface area (Å²) in [6, 6.07) is 6.40. The maximum atomic E-state index is 11.2. The molecule has 0 radical (unpaired) electrons. The van der Waals surface area contributed by atoms with Gasteiger partial charge < -0.3 is 9.47 Å². The Bertz CT molecular complexity index is 547. The zero-order chi connectivity index (χ0) is 14.7. The van der Waals surface area contributed by atoms with E-state index in [1.807, 2.05) is 0 Å². The average molecular weight is 308 g/mol. The fraction of sp³-hybridized carbons (Fsp3) is 0.364. The van der Waals surface area contributed by atoms with Gasteiger partial charge >= 0.3 is 6.16 Å². The second-order valence-corrected chi connectivity index (χ2v) is 8.92. The molecule has 0 atom stereocenters. The topological polar surface area (TPSA) is 78.9 Å². The second kappa shape index (κ2) is 5.81. The van der Waals surface area contributed by atoms with Crippen LogP contribution in [0.25, 0.3) is 0 Å². The van der Waals surface area contributed by atoms with Crippen LogP contribution < -0.4 is 4.74 Å². The van der Waals surface area contributed by atoms with Crippen LogP contribution in [0, 0.1) is 0 Å². The summed E-state index contributed by atoms with van der Waals surface area (Å²) in [7, 11) is -4.25. The van der Waals surface area contributed by atoms with E-state index in [2.05, 4.69) is 4.74 Å². The highest BCUT2D eigenvalue weighted by Gasteiger charge is 2.21. The second-order valence-electron chi connectivity index (χ2n) is 4.03. The van der Waals surface area contributed by atoms with Gasteiger partial charge in [0, 0.05) is 4.90 Å². The molecule has 0 aromatic heterocycles. The molecule has 0 bridgehead atoms. The first-order valence-electron chi connectivity index (χ1n) is 5.14. The van der Waals surface area contributed by atoms with Crippen LogP contribution in [-0.4, -0.2) is 40.5 Å². The standard InChI is InChI=1S/C11H16O6S2/c1-15-11(12)16-9-5-7-10(8-6-9)18(2,3)17-19(4,13)14/h5-8H,1-4H3. The molecule has 0 fully saturated rings. The maximum Gasteiger partial charge on any atom is 0.513 e. The normalized spacial score (nSPS) is 12.8. The van der Waals surface area contributed by atoms with Crippen LogP contribution in [0.3, 0.4) is 0 Å². The number of benzene rings is 1. The highest BCUT2D eigenvalue weighted by molar-refractivity contribution is 8.32. The largest absolute Gasteiger partial charge is 0.513 e. The van der Waals surface area contributed by atoms with Crippen LogP contribution >= 0.6 is 10.3 Å². The predicted molar refractivity (Wildman–Crippen MR) is 73.1 cm³/mol. The Morgan fingerprint density at radius 1 is 1.05 bits per heavy atom. The molecule has 0 heterocycles. The molecule has 6 nitrogen and oxygen atoms in total. The molecule has 1 rings (SSSR count). The van der Waals surface area contributed by atoms with E-state index in [-0.39, 0.29) is 0 Å². The summed E-state index contributed by atoms with van der Waals surface area (Å²) in [5.74, 6) is 0.310. The summed E-state index contributed by atoms with van der Waals surface area (Å²) < 4.78 is 36.6. The van der Waals surface area contributed by atoms with Crippen LogP contribution in [0.15, 0.2) is 29.2 Å². The Hall–Kier alpha value is -1.25. The highest BCUT2D eigenvalue weighted by Crippen LogP contribution is 2.51. The first kappa shape index (κ1) is 15.8. The molecule has 0 aliphatic rings. The highest BCUT2D eigenvalue weighted by atomic mass is 32.3. The molecule has 0 unspecified atom stereocenters. The van der Waals surface area contributed by atoms with Crippen molar-refractivity contribution in [3.05, 3.63) is 24.3 Å². The summed E-state index contributed by atoms with van der Waals surface area (Å²) in [5, 5.41) is 0. The molecule has 0 saturated carbocycles. The van der Waals surface area contributed by atoms with E-state index in [1.165, 1.54) is 7.11 Å². The Kier molecular flexibility index (Phi) is 4.83. The lowest BCUT2D eigenvalue weighted by atomic mass is 10.3. The monoisotopic (exact) mass is 308 g/mol. The van der Waals surface area contributed by atoms with Gasteiger partial charge in [-0.3, -0.25) is 0 Å². The summed E-state index contributed by atoms with van der Waals surface area (Å²) in [6.07, 6.45) is 3.62. The SMILES string of the molecule is COC(=O)Oc1ccc(S(C)(C)OS(C)(=O)=O)cc1. The van der Waals surface area contributed by atoms with Gasteiger partial charge in [0.25, 0.3) is 10.1 Å². The Labute approximate surface area is 114 Å². The fourth-order valence-corrected chi connectivity index (χ4v) is 4.90. The number of ether oxygens (including phenoxy) is 2. The summed E-state index contributed by atoms with van der Waals surface area (Å²) in [6.45, 7) is 0. The molecule has 8 heteroatoms. The third kappa shape index (κ3) is 5.09. The van der Waals surface area contributed by atoms with Crippen molar-refractivity contribution in [2.75, 3.05) is 25.9 Å². The van der Waals surface area contributed by atoms with Gasteiger partial charge in [0.15, 0.2) is 0 Å². The van der Waals surface area contributed by atoms with Gasteiger partial charge in [-0.1, -0.05) is 10.3 Å². The number of hydrogen-bond donors (Lipinski definition) is 0. The number of hydrogen-bond acceptors (Lipinski definition) is 6. The minimum Gasteiger partial charge on any atom is -0.437 e. The lowest BCUT2D eigenvalue weighted by Crippen LogP contribution is -2.09. The molecule has 0 aliphatic carbocycles. The number of carbonyl (C=O) groups excluding carboxylic acids is 1. The smallest absolute Gasteiger partial charge is 0.437 e. The van der Waals surface area contributed by atoms with Crippen LogP contribution in [-0.2, 0) is 18.5 Å². The van der Waals surface area contributed by atoms with Crippen molar-refractivity contribution in [1.29, 1.82) is 0 Å². The molecule has 0 aliphatic heterocycles. The molecule has 0 amide bonds. The van der Waals surface area contributed by atoms with Crippen molar-refractivity contribution >= 4 is 26.6 Å². The molecular formula is C11H16O6S2. The van der Waals surface area contributed by atoms with Crippen molar-refractivity contribution in [2.45, 2.75) is 4.90 Å². The predicted octanol–water partition coefficient (Wildman–Crippen LogP) is 2.15. The fourth-order valence-electron chi connectivity index (χ4n) is 1.32. The summed E-state index contributed by atoms with van der Waals surface area (Å²) in [5.41, 5.74) is 0. The zero-order valence-electron chi connectivity index (χ0n) is 11.1. The number of carbonyl (C=O) groups is 1. The number of rotatable bonds is 4. The third-order valence-electron chi connectivity index (χ3n) is 2.05. The minimum atomic E-state index is -3.53. The van der Waals surface area contributed by atoms with E-state index in [9.17, 15) is 13.2 Å². The van der Waals surface area contributed by atoms with Gasteiger partial charge in [0.2, 0.25) is 0 Å². The summed E-state index contributed by atoms with van der Waals surface area (Å²) in [4.78, 5) is 11.6. The average Bonchev–Trinajstić information content (AvgIpc) is 2.26. The van der Waals surface area contributed by atoms with E-state index in [1.54, 1.807) is 36.8 Å². The Balaban J connectivity index is 2.89. The van der Waals surface area contributed by atoms with Gasteiger partial charge in [-0.15, -0.1) is 0 Å². The van der Waals surface area contributed by atoms with Crippen molar-refractivity contribution in [1.82, 2.24) is 0 Å². The Morgan fingerprint density at radius 2 is 1.58 bits per heavy atom. The van der Waals surface area contributed by atoms with Crippen molar-refractivity contribution in [3.63, 3.8) is 0 Å². The molecule has 1 aromatic rings. The van der Waals surface area contributed by atoms with Gasteiger partial charge in [0.1, 0.15) is 5.75 Å². The molecule has 19 heavy (non-hydrogen) atoms. The van der Waals surface area contributed by atoms with Crippen LogP contribution in [0.4, 0.5) is 4.79 Å². The zero-order valence-corrected chi connectivity index (χ0v) is 12.7. The van der Waals surface area contributed by atoms with Crippen LogP contribution in [0.2, 0.25) is 0 Å². The third-order valence-corrected chi connectivity index (χ3v) is 5.81. The lowest BCUT2D eigenvalue weighted by molar-refractivity contribution is 0.121. The molecule has 108 valence electrons. The quantitative estimate of drug-likeness (QED) is 0.626. The summed E-state index contributed by atoms with van der Waals surface area (Å²) >= 11 is 0. The van der Waals surface area contributed by atoms with Crippen molar-refractivity contribution < 1.29 is 26.3 Å². The number of methoxy groups -OCH3 is 1. The van der Waals surface area contributed by atoms with Crippen LogP contribution in [0.5, 0.6) is 5.75 Å². The molecular weight excluding hydrogens is 292 g/mol. The first-order chi connectivity index (χ1) is 8.64. The van der Waals surface area contributed by atoms with Gasteiger partial charge in [-0.2, -0.15) is 8.42 Å². The van der Waals surface area contributed by atoms with Gasteiger partial charge in [-0.25, -0.2) is 8.42 Å². The van der Waals surface area contributed by atoms with Gasteiger partial charge in [-0.05, 0) is 36.8 Å². The van der Waals surface area contributed by atoms with Crippen molar-refractivity contribution in [3.8, 4) is 5.75 Å². The van der Waals surface area contributed by atoms with Crippen LogP contribution in [0.1, 0.15) is 0 Å². The molecule has 1 aromatic carbocycles. The Morgan fingerprint density at radius 3 is 2.00 bits per heavy atom.